The maximum absolute atomic E-state index is 12.5. The van der Waals surface area contributed by atoms with E-state index in [1.807, 2.05) is 12.1 Å². The van der Waals surface area contributed by atoms with Gasteiger partial charge in [-0.1, -0.05) is 23.7 Å². The summed E-state index contributed by atoms with van der Waals surface area (Å²) in [7, 11) is 0. The lowest BCUT2D eigenvalue weighted by Gasteiger charge is -2.11. The van der Waals surface area contributed by atoms with Crippen LogP contribution in [0.4, 0.5) is 0 Å². The molecule has 0 radical (unpaired) electrons. The van der Waals surface area contributed by atoms with Crippen LogP contribution in [0.3, 0.4) is 0 Å². The van der Waals surface area contributed by atoms with E-state index in [0.29, 0.717) is 21.8 Å². The fourth-order valence-electron chi connectivity index (χ4n) is 2.57. The van der Waals surface area contributed by atoms with Crippen LogP contribution in [0, 0.1) is 0 Å². The minimum atomic E-state index is -0.472. The summed E-state index contributed by atoms with van der Waals surface area (Å²) >= 11 is 7.10. The zero-order valence-corrected chi connectivity index (χ0v) is 15.1. The molecule has 0 saturated heterocycles. The highest BCUT2D eigenvalue weighted by Crippen LogP contribution is 2.15. The molecule has 3 rings (SSSR count). The second-order valence-electron chi connectivity index (χ2n) is 5.46. The zero-order chi connectivity index (χ0) is 18.0. The molecule has 0 atom stereocenters. The minimum absolute atomic E-state index is 0.139. The van der Waals surface area contributed by atoms with E-state index in [4.69, 9.17) is 11.6 Å². The maximum atomic E-state index is 12.5. The van der Waals surface area contributed by atoms with E-state index in [0.717, 1.165) is 10.1 Å². The number of nitrogens with zero attached hydrogens (tertiary/aromatic N) is 2. The Morgan fingerprint density at radius 3 is 2.56 bits per heavy atom. The Labute approximate surface area is 152 Å². The maximum Gasteiger partial charge on any atom is 0.331 e. The third kappa shape index (κ3) is 3.52. The normalized spacial score (nSPS) is 11.0. The first-order valence-corrected chi connectivity index (χ1v) is 8.99. The number of thiophene rings is 1. The van der Waals surface area contributed by atoms with Crippen LogP contribution < -0.4 is 16.6 Å². The fourth-order valence-corrected chi connectivity index (χ4v) is 3.54. The van der Waals surface area contributed by atoms with Crippen LogP contribution >= 0.6 is 22.9 Å². The van der Waals surface area contributed by atoms with Crippen LogP contribution in [0.2, 0.25) is 5.02 Å². The van der Waals surface area contributed by atoms with Crippen LogP contribution in [-0.2, 0) is 24.4 Å². The molecule has 0 aliphatic heterocycles. The quantitative estimate of drug-likeness (QED) is 0.741. The van der Waals surface area contributed by atoms with Gasteiger partial charge in [0.1, 0.15) is 11.2 Å². The molecule has 0 saturated carbocycles. The molecule has 0 unspecified atom stereocenters. The van der Waals surface area contributed by atoms with E-state index in [-0.39, 0.29) is 24.6 Å². The molecule has 0 aliphatic rings. The van der Waals surface area contributed by atoms with Crippen LogP contribution in [0.25, 0.3) is 10.2 Å². The third-order valence-electron chi connectivity index (χ3n) is 3.86. The fraction of sp³-hybridized carbons (Fsp3) is 0.235. The smallest absolute Gasteiger partial charge is 0.331 e. The number of amides is 1. The highest BCUT2D eigenvalue weighted by molar-refractivity contribution is 7.17. The molecule has 2 aromatic heterocycles. The van der Waals surface area contributed by atoms with Gasteiger partial charge >= 0.3 is 5.69 Å². The summed E-state index contributed by atoms with van der Waals surface area (Å²) in [6.45, 7) is 2.19. The van der Waals surface area contributed by atoms with Crippen molar-refractivity contribution in [3.8, 4) is 0 Å². The van der Waals surface area contributed by atoms with Crippen molar-refractivity contribution in [1.29, 1.82) is 0 Å². The van der Waals surface area contributed by atoms with Gasteiger partial charge in [0.15, 0.2) is 0 Å². The molecule has 8 heteroatoms. The number of hydrogen-bond donors (Lipinski definition) is 1. The predicted molar refractivity (Wildman–Crippen MR) is 99.3 cm³/mol. The highest BCUT2D eigenvalue weighted by Gasteiger charge is 2.15. The molecule has 25 heavy (non-hydrogen) atoms. The Bertz CT molecular complexity index is 1030. The summed E-state index contributed by atoms with van der Waals surface area (Å²) < 4.78 is 2.96. The van der Waals surface area contributed by atoms with E-state index in [9.17, 15) is 14.4 Å². The lowest BCUT2D eigenvalue weighted by Crippen LogP contribution is -2.41. The number of aromatic nitrogens is 2. The molecule has 3 aromatic rings. The summed E-state index contributed by atoms with van der Waals surface area (Å²) in [4.78, 5) is 37.1. The minimum Gasteiger partial charge on any atom is -0.350 e. The first-order chi connectivity index (χ1) is 12.0. The van der Waals surface area contributed by atoms with Crippen LogP contribution in [0.15, 0.2) is 45.3 Å². The number of benzene rings is 1. The lowest BCUT2D eigenvalue weighted by molar-refractivity contribution is -0.121. The Morgan fingerprint density at radius 2 is 1.88 bits per heavy atom. The summed E-state index contributed by atoms with van der Waals surface area (Å²) in [5.41, 5.74) is 0.617. The monoisotopic (exact) mass is 377 g/mol. The number of halogens is 1. The second kappa shape index (κ2) is 7.25. The first kappa shape index (κ1) is 17.4. The van der Waals surface area contributed by atoms with Gasteiger partial charge in [0.2, 0.25) is 5.91 Å². The Kier molecular flexibility index (Phi) is 5.06. The van der Waals surface area contributed by atoms with Crippen molar-refractivity contribution in [1.82, 2.24) is 14.5 Å². The van der Waals surface area contributed by atoms with Crippen molar-refractivity contribution in [2.45, 2.75) is 26.6 Å². The summed E-state index contributed by atoms with van der Waals surface area (Å²) in [5.74, 6) is -0.300. The van der Waals surface area contributed by atoms with Crippen molar-refractivity contribution in [2.75, 3.05) is 0 Å². The van der Waals surface area contributed by atoms with Crippen LogP contribution in [0.1, 0.15) is 12.5 Å². The van der Waals surface area contributed by atoms with Gasteiger partial charge in [-0.25, -0.2) is 4.79 Å². The van der Waals surface area contributed by atoms with Crippen molar-refractivity contribution in [3.63, 3.8) is 0 Å². The summed E-state index contributed by atoms with van der Waals surface area (Å²) in [6.07, 6.45) is 0. The first-order valence-electron chi connectivity index (χ1n) is 7.73. The van der Waals surface area contributed by atoms with Crippen molar-refractivity contribution < 1.29 is 4.79 Å². The topological polar surface area (TPSA) is 73.1 Å². The SMILES string of the molecule is CCn1c(=O)c2sccc2n(CC(=O)NCc2ccc(Cl)cc2)c1=O. The van der Waals surface area contributed by atoms with Crippen molar-refractivity contribution >= 4 is 39.1 Å². The van der Waals surface area contributed by atoms with Gasteiger partial charge < -0.3 is 5.32 Å². The third-order valence-corrected chi connectivity index (χ3v) is 5.00. The molecule has 1 amide bonds. The molecule has 0 aliphatic carbocycles. The molecule has 130 valence electrons. The molecule has 0 spiro atoms. The van der Waals surface area contributed by atoms with E-state index in [2.05, 4.69) is 5.32 Å². The van der Waals surface area contributed by atoms with E-state index in [1.165, 1.54) is 15.9 Å². The lowest BCUT2D eigenvalue weighted by atomic mass is 10.2. The highest BCUT2D eigenvalue weighted by atomic mass is 35.5. The standard InChI is InChI=1S/C17H16ClN3O3S/c1-2-20-16(23)15-13(7-8-25-15)21(17(20)24)10-14(22)19-9-11-3-5-12(18)6-4-11/h3-8H,2,9-10H2,1H3,(H,19,22). The average Bonchev–Trinajstić information content (AvgIpc) is 3.08. The van der Waals surface area contributed by atoms with E-state index < -0.39 is 5.69 Å². The molecular weight excluding hydrogens is 362 g/mol. The largest absolute Gasteiger partial charge is 0.350 e. The number of fused-ring (bicyclic) bond motifs is 1. The Morgan fingerprint density at radius 1 is 1.16 bits per heavy atom. The molecular formula is C17H16ClN3O3S. The Balaban J connectivity index is 1.84. The number of carbonyl (C=O) groups excluding carboxylic acids is 1. The summed E-state index contributed by atoms with van der Waals surface area (Å²) in [5, 5.41) is 5.15. The van der Waals surface area contributed by atoms with Crippen molar-refractivity contribution in [3.05, 3.63) is 67.1 Å². The molecule has 1 aromatic carbocycles. The van der Waals surface area contributed by atoms with Gasteiger partial charge in [-0.3, -0.25) is 18.7 Å². The van der Waals surface area contributed by atoms with Gasteiger partial charge in [0.25, 0.3) is 5.56 Å². The number of rotatable bonds is 5. The molecule has 1 N–H and O–H groups in total. The number of hydrogen-bond acceptors (Lipinski definition) is 4. The average molecular weight is 378 g/mol. The van der Waals surface area contributed by atoms with E-state index in [1.54, 1.807) is 30.5 Å². The van der Waals surface area contributed by atoms with Gasteiger partial charge in [-0.15, -0.1) is 11.3 Å². The second-order valence-corrected chi connectivity index (χ2v) is 6.81. The van der Waals surface area contributed by atoms with E-state index >= 15 is 0 Å². The van der Waals surface area contributed by atoms with Gasteiger partial charge in [0, 0.05) is 18.1 Å². The Hall–Kier alpha value is -2.38. The van der Waals surface area contributed by atoms with Crippen LogP contribution in [-0.4, -0.2) is 15.0 Å². The van der Waals surface area contributed by atoms with Gasteiger partial charge in [-0.05, 0) is 36.1 Å². The molecule has 0 fully saturated rings. The molecule has 6 nitrogen and oxygen atoms in total. The summed E-state index contributed by atoms with van der Waals surface area (Å²) in [6, 6.07) is 8.83. The van der Waals surface area contributed by atoms with Crippen LogP contribution in [0.5, 0.6) is 0 Å². The predicted octanol–water partition coefficient (Wildman–Crippen LogP) is 2.21. The molecule has 2 heterocycles. The molecule has 0 bridgehead atoms. The van der Waals surface area contributed by atoms with Gasteiger partial charge in [0.05, 0.1) is 5.52 Å². The van der Waals surface area contributed by atoms with Gasteiger partial charge in [-0.2, -0.15) is 0 Å². The zero-order valence-electron chi connectivity index (χ0n) is 13.5. The number of carbonyl (C=O) groups is 1. The number of nitrogens with one attached hydrogen (secondary N) is 1. The van der Waals surface area contributed by atoms with Crippen molar-refractivity contribution in [2.24, 2.45) is 0 Å².